The van der Waals surface area contributed by atoms with E-state index in [2.05, 4.69) is 94.5 Å². The average Bonchev–Trinajstić information content (AvgIpc) is 3.27. The van der Waals surface area contributed by atoms with Crippen molar-refractivity contribution in [1.82, 2.24) is 0 Å². The Bertz CT molecular complexity index is 1020. The van der Waals surface area contributed by atoms with Crippen molar-refractivity contribution < 1.29 is 15.6 Å². The summed E-state index contributed by atoms with van der Waals surface area (Å²) >= 11 is -4.43. The molecule has 0 spiro atoms. The molecule has 153 valence electrons. The summed E-state index contributed by atoms with van der Waals surface area (Å²) in [5.41, 5.74) is 8.33. The van der Waals surface area contributed by atoms with Crippen LogP contribution in [0.15, 0.2) is 59.7 Å². The van der Waals surface area contributed by atoms with Crippen LogP contribution < -0.4 is 0 Å². The third kappa shape index (κ3) is 3.16. The monoisotopic (exact) mass is 519 g/mol. The summed E-state index contributed by atoms with van der Waals surface area (Å²) in [6.45, 7) is 11.7. The SMILES string of the molecule is CCC1=Cc2ccccc2[CH]1[Zr]([Cl])([Cl])([CH]1C(C(C)C)=Cc2ccccc21)[SiH](C)C. The Kier molecular flexibility index (Phi) is 5.74. The minimum atomic E-state index is -4.43. The Morgan fingerprint density at radius 2 is 1.38 bits per heavy atom. The molecule has 2 aliphatic carbocycles. The number of rotatable bonds is 5. The standard InChI is InChI=1S/C12H13.C11H11.C2H7Si.2ClH.Zr/c1-9(2)12-7-10-5-3-4-6-11(10)8-12;1-2-9-7-10-5-3-4-6-11(10)8-9;1-3-2;;;/h3-9H,1-2H3;3-8H,2H2,1H3;3H,1-2H3;2*1H;/q;;;;;+2/p-2. The molecule has 4 rings (SSSR count). The van der Waals surface area contributed by atoms with Crippen LogP contribution in [-0.2, 0) is 15.6 Å². The summed E-state index contributed by atoms with van der Waals surface area (Å²) in [5.74, 6) is -0.972. The van der Waals surface area contributed by atoms with Gasteiger partial charge in [-0.1, -0.05) is 0 Å². The fourth-order valence-corrected chi connectivity index (χ4v) is 37.3. The van der Waals surface area contributed by atoms with E-state index in [1.54, 1.807) is 0 Å². The van der Waals surface area contributed by atoms with Gasteiger partial charge in [0.05, 0.1) is 0 Å². The van der Waals surface area contributed by atoms with Gasteiger partial charge >= 0.3 is 186 Å². The Hall–Kier alpha value is -0.400. The van der Waals surface area contributed by atoms with Gasteiger partial charge < -0.3 is 0 Å². The summed E-state index contributed by atoms with van der Waals surface area (Å²) in [6, 6.07) is 17.6. The van der Waals surface area contributed by atoms with Gasteiger partial charge in [-0.2, -0.15) is 0 Å². The summed E-state index contributed by atoms with van der Waals surface area (Å²) in [5, 5.41) is 0. The molecule has 0 N–H and O–H groups in total. The van der Waals surface area contributed by atoms with Gasteiger partial charge in [-0.3, -0.25) is 0 Å². The normalized spacial score (nSPS) is 22.2. The molecule has 0 heterocycles. The summed E-state index contributed by atoms with van der Waals surface area (Å²) in [7, 11) is 16.3. The molecule has 0 aromatic heterocycles. The van der Waals surface area contributed by atoms with E-state index in [1.807, 2.05) is 0 Å². The van der Waals surface area contributed by atoms with E-state index in [4.69, 9.17) is 17.0 Å². The van der Waals surface area contributed by atoms with Crippen LogP contribution in [0.4, 0.5) is 0 Å². The maximum absolute atomic E-state index is 8.17. The first-order valence-electron chi connectivity index (χ1n) is 10.9. The average molecular weight is 522 g/mol. The van der Waals surface area contributed by atoms with E-state index in [0.29, 0.717) is 5.92 Å². The van der Waals surface area contributed by atoms with E-state index >= 15 is 0 Å². The van der Waals surface area contributed by atoms with Crippen LogP contribution in [0.2, 0.25) is 13.1 Å². The first-order chi connectivity index (χ1) is 13.7. The van der Waals surface area contributed by atoms with Crippen molar-refractivity contribution in [2.75, 3.05) is 0 Å². The van der Waals surface area contributed by atoms with E-state index in [9.17, 15) is 0 Å². The molecule has 0 nitrogen and oxygen atoms in total. The van der Waals surface area contributed by atoms with Gasteiger partial charge in [-0.15, -0.1) is 0 Å². The quantitative estimate of drug-likeness (QED) is 0.347. The number of benzene rings is 2. The molecular weight excluding hydrogens is 490 g/mol. The second kappa shape index (κ2) is 7.63. The third-order valence-corrected chi connectivity index (χ3v) is 59.0. The fourth-order valence-electron chi connectivity index (χ4n) is 5.64. The first kappa shape index (κ1) is 21.8. The van der Waals surface area contributed by atoms with Crippen molar-refractivity contribution >= 4 is 35.1 Å². The van der Waals surface area contributed by atoms with Crippen LogP contribution in [0.3, 0.4) is 0 Å². The van der Waals surface area contributed by atoms with Crippen LogP contribution in [0.5, 0.6) is 0 Å². The van der Waals surface area contributed by atoms with Crippen molar-refractivity contribution in [2.45, 2.75) is 47.5 Å². The van der Waals surface area contributed by atoms with Crippen LogP contribution >= 0.6 is 17.0 Å². The first-order valence-corrected chi connectivity index (χ1v) is 27.2. The van der Waals surface area contributed by atoms with Crippen molar-refractivity contribution in [2.24, 2.45) is 5.92 Å². The Balaban J connectivity index is 2.02. The second-order valence-electron chi connectivity index (χ2n) is 9.38. The van der Waals surface area contributed by atoms with Gasteiger partial charge in [-0.25, -0.2) is 0 Å². The van der Waals surface area contributed by atoms with Gasteiger partial charge in [0.25, 0.3) is 0 Å². The van der Waals surface area contributed by atoms with Gasteiger partial charge in [0, 0.05) is 0 Å². The molecular formula is C25H31Cl2SiZr. The Morgan fingerprint density at radius 3 is 1.90 bits per heavy atom. The second-order valence-corrected chi connectivity index (χ2v) is 51.9. The molecule has 2 aromatic rings. The maximum atomic E-state index is 8.17. The molecule has 2 aromatic carbocycles. The molecule has 0 fully saturated rings. The zero-order chi connectivity index (χ0) is 21.0. The van der Waals surface area contributed by atoms with Gasteiger partial charge in [0.1, 0.15) is 0 Å². The molecule has 0 amide bonds. The van der Waals surface area contributed by atoms with Gasteiger partial charge in [0.15, 0.2) is 0 Å². The Labute approximate surface area is 184 Å². The predicted octanol–water partition coefficient (Wildman–Crippen LogP) is 8.31. The molecule has 2 unspecified atom stereocenters. The topological polar surface area (TPSA) is 0 Å². The van der Waals surface area contributed by atoms with Crippen molar-refractivity contribution in [1.29, 1.82) is 0 Å². The number of halogens is 2. The molecule has 0 aliphatic heterocycles. The Morgan fingerprint density at radius 1 is 0.862 bits per heavy atom. The number of hydrogen-bond acceptors (Lipinski definition) is 0. The minimum absolute atomic E-state index is 0.216. The van der Waals surface area contributed by atoms with E-state index in [-0.39, 0.29) is 7.25 Å². The van der Waals surface area contributed by atoms with Crippen molar-refractivity contribution in [3.8, 4) is 0 Å². The molecule has 0 saturated heterocycles. The molecule has 0 saturated carbocycles. The van der Waals surface area contributed by atoms with Crippen molar-refractivity contribution in [3.05, 3.63) is 81.9 Å². The molecule has 0 bridgehead atoms. The summed E-state index contributed by atoms with van der Waals surface area (Å²) < 4.78 is 0.444. The van der Waals surface area contributed by atoms with Crippen LogP contribution in [0, 0.1) is 5.92 Å². The molecule has 2 aliphatic rings. The van der Waals surface area contributed by atoms with Gasteiger partial charge in [0.2, 0.25) is 0 Å². The molecule has 29 heavy (non-hydrogen) atoms. The van der Waals surface area contributed by atoms with Crippen molar-refractivity contribution in [3.63, 3.8) is 0 Å². The zero-order valence-corrected chi connectivity index (χ0v) is 23.2. The third-order valence-electron chi connectivity index (χ3n) is 7.26. The summed E-state index contributed by atoms with van der Waals surface area (Å²) in [6.07, 6.45) is 5.79. The van der Waals surface area contributed by atoms with Crippen LogP contribution in [0.1, 0.15) is 56.7 Å². The van der Waals surface area contributed by atoms with E-state index in [0.717, 1.165) is 6.42 Å². The van der Waals surface area contributed by atoms with Crippen LogP contribution in [-0.4, -0.2) is 5.92 Å². The molecule has 0 radical (unpaired) electrons. The fraction of sp³-hybridized carbons (Fsp3) is 0.360. The van der Waals surface area contributed by atoms with E-state index < -0.39 is 21.5 Å². The number of hydrogen-bond donors (Lipinski definition) is 0. The molecule has 2 atom stereocenters. The molecule has 4 heteroatoms. The predicted molar refractivity (Wildman–Crippen MR) is 130 cm³/mol. The zero-order valence-electron chi connectivity index (χ0n) is 18.0. The number of allylic oxidation sites excluding steroid dienone is 2. The number of fused-ring (bicyclic) bond motifs is 2. The summed E-state index contributed by atoms with van der Waals surface area (Å²) in [4.78, 5) is 0. The van der Waals surface area contributed by atoms with Crippen LogP contribution in [0.25, 0.3) is 12.2 Å². The van der Waals surface area contributed by atoms with E-state index in [1.165, 1.54) is 33.4 Å². The van der Waals surface area contributed by atoms with Gasteiger partial charge in [-0.05, 0) is 0 Å².